The highest BCUT2D eigenvalue weighted by Crippen LogP contribution is 2.31. The van der Waals surface area contributed by atoms with Gasteiger partial charge in [0.05, 0.1) is 13.3 Å². The Bertz CT molecular complexity index is 1330. The van der Waals surface area contributed by atoms with Crippen LogP contribution in [0.1, 0.15) is 29.4 Å². The largest absolute Gasteiger partial charge is 0.495 e. The number of nitrogens with two attached hydrogens (primary N) is 1. The summed E-state index contributed by atoms with van der Waals surface area (Å²) < 4.78 is 11.0. The van der Waals surface area contributed by atoms with Crippen molar-refractivity contribution in [2.75, 3.05) is 25.1 Å². The van der Waals surface area contributed by atoms with E-state index in [1.165, 1.54) is 0 Å². The Hall–Kier alpha value is -3.78. The zero-order valence-electron chi connectivity index (χ0n) is 19.3. The SMILES string of the molecule is COc1cncc(-c2coc3ccc(C(=O)Cc4cnccc4N4C[C@H](C)C[C@H](N)C4)nc23)c1. The zero-order valence-corrected chi connectivity index (χ0v) is 19.3. The molecule has 1 aliphatic heterocycles. The minimum absolute atomic E-state index is 0.0820. The molecule has 4 aromatic rings. The number of ketones is 1. The van der Waals surface area contributed by atoms with E-state index in [9.17, 15) is 4.79 Å². The molecule has 0 unspecified atom stereocenters. The molecule has 5 rings (SSSR count). The van der Waals surface area contributed by atoms with Crippen LogP contribution in [-0.2, 0) is 6.42 Å². The third kappa shape index (κ3) is 4.36. The Morgan fingerprint density at radius 3 is 2.91 bits per heavy atom. The first kappa shape index (κ1) is 22.0. The molecule has 5 heterocycles. The Labute approximate surface area is 197 Å². The van der Waals surface area contributed by atoms with Crippen molar-refractivity contribution in [3.05, 3.63) is 66.6 Å². The van der Waals surface area contributed by atoms with E-state index in [2.05, 4.69) is 26.8 Å². The molecule has 8 heteroatoms. The minimum Gasteiger partial charge on any atom is -0.495 e. The van der Waals surface area contributed by atoms with Gasteiger partial charge in [-0.25, -0.2) is 4.98 Å². The van der Waals surface area contributed by atoms with E-state index in [-0.39, 0.29) is 18.2 Å². The molecule has 1 saturated heterocycles. The van der Waals surface area contributed by atoms with Crippen LogP contribution >= 0.6 is 0 Å². The van der Waals surface area contributed by atoms with Crippen molar-refractivity contribution in [2.24, 2.45) is 11.7 Å². The number of pyridine rings is 3. The molecule has 1 fully saturated rings. The number of fused-ring (bicyclic) bond motifs is 1. The molecule has 0 saturated carbocycles. The number of piperidine rings is 1. The van der Waals surface area contributed by atoms with Crippen molar-refractivity contribution in [1.82, 2.24) is 15.0 Å². The van der Waals surface area contributed by atoms with E-state index in [1.807, 2.05) is 12.1 Å². The molecule has 2 N–H and O–H groups in total. The van der Waals surface area contributed by atoms with Crippen molar-refractivity contribution < 1.29 is 13.9 Å². The van der Waals surface area contributed by atoms with E-state index in [4.69, 9.17) is 14.9 Å². The highest BCUT2D eigenvalue weighted by atomic mass is 16.5. The van der Waals surface area contributed by atoms with Gasteiger partial charge >= 0.3 is 0 Å². The van der Waals surface area contributed by atoms with E-state index >= 15 is 0 Å². The number of aromatic nitrogens is 3. The maximum Gasteiger partial charge on any atom is 0.185 e. The molecule has 0 amide bonds. The molecule has 8 nitrogen and oxygen atoms in total. The normalized spacial score (nSPS) is 18.3. The summed E-state index contributed by atoms with van der Waals surface area (Å²) in [5.74, 6) is 1.05. The first-order valence-corrected chi connectivity index (χ1v) is 11.4. The van der Waals surface area contributed by atoms with Crippen LogP contribution in [0.15, 0.2) is 59.7 Å². The van der Waals surface area contributed by atoms with E-state index in [0.717, 1.165) is 41.9 Å². The highest BCUT2D eigenvalue weighted by Gasteiger charge is 2.25. The summed E-state index contributed by atoms with van der Waals surface area (Å²) in [4.78, 5) is 28.7. The molecule has 4 aromatic heterocycles. The number of Topliss-reactive ketones (excluding diaryl/α,β-unsaturated/α-hetero) is 1. The molecule has 2 atom stereocenters. The summed E-state index contributed by atoms with van der Waals surface area (Å²) >= 11 is 0. The van der Waals surface area contributed by atoms with Crippen LogP contribution in [0, 0.1) is 5.92 Å². The molecule has 0 radical (unpaired) electrons. The van der Waals surface area contributed by atoms with Crippen molar-refractivity contribution in [3.63, 3.8) is 0 Å². The predicted molar refractivity (Wildman–Crippen MR) is 130 cm³/mol. The van der Waals surface area contributed by atoms with Gasteiger partial charge in [-0.15, -0.1) is 0 Å². The smallest absolute Gasteiger partial charge is 0.185 e. The second-order valence-electron chi connectivity index (χ2n) is 8.92. The molecule has 0 aromatic carbocycles. The number of hydrogen-bond acceptors (Lipinski definition) is 8. The molecule has 1 aliphatic rings. The van der Waals surface area contributed by atoms with E-state index < -0.39 is 0 Å². The van der Waals surface area contributed by atoms with Crippen LogP contribution < -0.4 is 15.4 Å². The predicted octanol–water partition coefficient (Wildman–Crippen LogP) is 3.89. The van der Waals surface area contributed by atoms with Crippen LogP contribution in [0.3, 0.4) is 0 Å². The third-order valence-corrected chi connectivity index (χ3v) is 6.22. The fourth-order valence-electron chi connectivity index (χ4n) is 4.67. The summed E-state index contributed by atoms with van der Waals surface area (Å²) in [6, 6.07) is 7.43. The van der Waals surface area contributed by atoms with E-state index in [0.29, 0.717) is 28.5 Å². The van der Waals surface area contributed by atoms with Gasteiger partial charge in [0.2, 0.25) is 0 Å². The number of anilines is 1. The van der Waals surface area contributed by atoms with E-state index in [1.54, 1.807) is 50.3 Å². The number of ether oxygens (including phenoxy) is 1. The summed E-state index contributed by atoms with van der Waals surface area (Å²) in [6.45, 7) is 3.89. The number of carbonyl (C=O) groups excluding carboxylic acids is 1. The number of methoxy groups -OCH3 is 1. The number of furan rings is 1. The summed E-state index contributed by atoms with van der Waals surface area (Å²) in [6.07, 6.45) is 9.72. The standard InChI is InChI=1S/C26H27N5O3/c1-16-7-19(27)14-31(13-16)23-5-6-28-11-18(23)9-24(32)22-3-4-25-26(30-22)21(15-34-25)17-8-20(33-2)12-29-10-17/h3-6,8,10-12,15-16,19H,7,9,13-14,27H2,1-2H3/t16-,19+/m1/s1. The number of nitrogens with zero attached hydrogens (tertiary/aromatic N) is 4. The Morgan fingerprint density at radius 1 is 1.21 bits per heavy atom. The second kappa shape index (κ2) is 9.23. The fourth-order valence-corrected chi connectivity index (χ4v) is 4.67. The summed E-state index contributed by atoms with van der Waals surface area (Å²) in [7, 11) is 1.59. The van der Waals surface area contributed by atoms with Crippen molar-refractivity contribution in [3.8, 4) is 16.9 Å². The van der Waals surface area contributed by atoms with Crippen molar-refractivity contribution in [2.45, 2.75) is 25.8 Å². The van der Waals surface area contributed by atoms with Gasteiger partial charge in [-0.05, 0) is 36.6 Å². The first-order chi connectivity index (χ1) is 16.5. The van der Waals surface area contributed by atoms with Gasteiger partial charge in [0.25, 0.3) is 0 Å². The minimum atomic E-state index is -0.0820. The van der Waals surface area contributed by atoms with Gasteiger partial charge in [-0.3, -0.25) is 14.8 Å². The van der Waals surface area contributed by atoms with Crippen LogP contribution in [0.25, 0.3) is 22.2 Å². The fraction of sp³-hybridized carbons (Fsp3) is 0.308. The molecule has 0 aliphatic carbocycles. The average Bonchev–Trinajstić information content (AvgIpc) is 3.27. The van der Waals surface area contributed by atoms with Gasteiger partial charge in [0.1, 0.15) is 23.2 Å². The Kier molecular flexibility index (Phi) is 5.98. The zero-order chi connectivity index (χ0) is 23.7. The molecule has 34 heavy (non-hydrogen) atoms. The molecule has 174 valence electrons. The lowest BCUT2D eigenvalue weighted by molar-refractivity contribution is 0.0988. The molecular formula is C26H27N5O3. The van der Waals surface area contributed by atoms with Gasteiger partial charge in [-0.2, -0.15) is 0 Å². The quantitative estimate of drug-likeness (QED) is 0.435. The highest BCUT2D eigenvalue weighted by molar-refractivity contribution is 6.00. The van der Waals surface area contributed by atoms with Gasteiger partial charge in [-0.1, -0.05) is 6.92 Å². The molecule has 0 bridgehead atoms. The molecule has 0 spiro atoms. The number of carbonyl (C=O) groups is 1. The average molecular weight is 458 g/mol. The third-order valence-electron chi connectivity index (χ3n) is 6.22. The summed E-state index contributed by atoms with van der Waals surface area (Å²) in [5, 5.41) is 0. The molecular weight excluding hydrogens is 430 g/mol. The lowest BCUT2D eigenvalue weighted by Crippen LogP contribution is -2.46. The summed E-state index contributed by atoms with van der Waals surface area (Å²) in [5.41, 5.74) is 11.3. The Morgan fingerprint density at radius 2 is 2.09 bits per heavy atom. The van der Waals surface area contributed by atoms with Crippen molar-refractivity contribution >= 4 is 22.6 Å². The van der Waals surface area contributed by atoms with Crippen LogP contribution in [-0.4, -0.2) is 47.0 Å². The topological polar surface area (TPSA) is 107 Å². The van der Waals surface area contributed by atoms with Gasteiger partial charge < -0.3 is 19.8 Å². The van der Waals surface area contributed by atoms with Crippen molar-refractivity contribution in [1.29, 1.82) is 0 Å². The van der Waals surface area contributed by atoms with Crippen LogP contribution in [0.5, 0.6) is 5.75 Å². The van der Waals surface area contributed by atoms with Crippen LogP contribution in [0.2, 0.25) is 0 Å². The maximum atomic E-state index is 13.3. The van der Waals surface area contributed by atoms with Gasteiger partial charge in [0.15, 0.2) is 11.4 Å². The van der Waals surface area contributed by atoms with Gasteiger partial charge in [0, 0.05) is 66.5 Å². The number of hydrogen-bond donors (Lipinski definition) is 1. The Balaban J connectivity index is 1.44. The lowest BCUT2D eigenvalue weighted by Gasteiger charge is -2.37. The first-order valence-electron chi connectivity index (χ1n) is 11.4. The van der Waals surface area contributed by atoms with Crippen LogP contribution in [0.4, 0.5) is 5.69 Å². The number of rotatable bonds is 6. The lowest BCUT2D eigenvalue weighted by atomic mass is 9.95. The monoisotopic (exact) mass is 457 g/mol. The second-order valence-corrected chi connectivity index (χ2v) is 8.92. The maximum absolute atomic E-state index is 13.3.